The van der Waals surface area contributed by atoms with Gasteiger partial charge in [-0.15, -0.1) is 0 Å². The number of fused-ring (bicyclic) bond motifs is 7. The number of oxazole rings is 1. The van der Waals surface area contributed by atoms with Crippen LogP contribution in [0.1, 0.15) is 36.4 Å². The highest BCUT2D eigenvalue weighted by molar-refractivity contribution is 6.20. The lowest BCUT2D eigenvalue weighted by molar-refractivity contribution is 0.565. The normalized spacial score (nSPS) is 12.9. The van der Waals surface area contributed by atoms with Crippen molar-refractivity contribution in [2.24, 2.45) is 0 Å². The third-order valence-electron chi connectivity index (χ3n) is 11.1. The van der Waals surface area contributed by atoms with Gasteiger partial charge < -0.3 is 13.7 Å². The Morgan fingerprint density at radius 2 is 1.26 bits per heavy atom. The maximum Gasteiger partial charge on any atom is 0.228 e. The molecule has 1 aliphatic rings. The number of aromatic nitrogens is 1. The fraction of sp³-hybridized carbons (Fsp3) is 0.0600. The predicted molar refractivity (Wildman–Crippen MR) is 225 cm³/mol. The SMILES string of the molecule is C=Cc1nc(-c2c3ccccc3cc3oc4ccc(N(c5ccc(-c6ccccc6)cc5)c5ccc6c(c5)C(C)(C)c5ccccc5-6)cc4c23)oc1C=C. The summed E-state index contributed by atoms with van der Waals surface area (Å²) in [7, 11) is 0. The Hall–Kier alpha value is -6.91. The van der Waals surface area contributed by atoms with Crippen molar-refractivity contribution in [1.82, 2.24) is 4.98 Å². The van der Waals surface area contributed by atoms with E-state index in [1.807, 2.05) is 12.1 Å². The van der Waals surface area contributed by atoms with Crippen LogP contribution < -0.4 is 4.90 Å². The number of rotatable bonds is 7. The Bertz CT molecular complexity index is 2920. The number of hydrogen-bond donors (Lipinski definition) is 0. The average molecular weight is 697 g/mol. The standard InChI is InChI=1S/C50H36N2O2/c1-5-43-44(6-2)54-49(51-43)48-37-17-11-10-16-33(37)28-46-47(48)40-29-35(25-27-45(40)53-46)52(34-22-20-32(21-23-34)31-14-8-7-9-15-31)36-24-26-39-38-18-12-13-19-41(38)50(3,4)42(39)30-36/h5-30H,1-2H2,3-4H3. The van der Waals surface area contributed by atoms with Gasteiger partial charge in [-0.3, -0.25) is 0 Å². The molecule has 0 unspecified atom stereocenters. The molecule has 1 aliphatic carbocycles. The van der Waals surface area contributed by atoms with E-state index in [0.717, 1.165) is 55.3 Å². The van der Waals surface area contributed by atoms with E-state index in [2.05, 4.69) is 165 Å². The number of hydrogen-bond acceptors (Lipinski definition) is 4. The van der Waals surface area contributed by atoms with Crippen LogP contribution in [0, 0.1) is 0 Å². The van der Waals surface area contributed by atoms with Crippen LogP contribution in [0.2, 0.25) is 0 Å². The van der Waals surface area contributed by atoms with E-state index in [4.69, 9.17) is 13.8 Å². The van der Waals surface area contributed by atoms with Gasteiger partial charge in [0.05, 0.1) is 5.56 Å². The molecule has 4 heteroatoms. The summed E-state index contributed by atoms with van der Waals surface area (Å²) in [5.74, 6) is 1.09. The van der Waals surface area contributed by atoms with Crippen LogP contribution in [-0.2, 0) is 5.41 Å². The molecule has 4 nitrogen and oxygen atoms in total. The molecule has 0 atom stereocenters. The fourth-order valence-electron chi connectivity index (χ4n) is 8.41. The highest BCUT2D eigenvalue weighted by Gasteiger charge is 2.36. The van der Waals surface area contributed by atoms with Crippen molar-refractivity contribution in [3.8, 4) is 33.7 Å². The molecule has 0 aliphatic heterocycles. The van der Waals surface area contributed by atoms with Gasteiger partial charge in [0.2, 0.25) is 5.89 Å². The zero-order valence-corrected chi connectivity index (χ0v) is 30.1. The second-order valence-electron chi connectivity index (χ2n) is 14.5. The Morgan fingerprint density at radius 3 is 2.06 bits per heavy atom. The van der Waals surface area contributed by atoms with Crippen molar-refractivity contribution in [2.45, 2.75) is 19.3 Å². The van der Waals surface area contributed by atoms with Crippen LogP contribution >= 0.6 is 0 Å². The van der Waals surface area contributed by atoms with Crippen molar-refractivity contribution in [2.75, 3.05) is 4.90 Å². The largest absolute Gasteiger partial charge is 0.456 e. The summed E-state index contributed by atoms with van der Waals surface area (Å²) in [4.78, 5) is 7.25. The summed E-state index contributed by atoms with van der Waals surface area (Å²) in [6.45, 7) is 12.6. The van der Waals surface area contributed by atoms with Crippen LogP contribution in [0.25, 0.3) is 78.6 Å². The van der Waals surface area contributed by atoms with Crippen molar-refractivity contribution in [3.05, 3.63) is 181 Å². The maximum atomic E-state index is 6.62. The molecule has 0 fully saturated rings. The van der Waals surface area contributed by atoms with Gasteiger partial charge >= 0.3 is 0 Å². The number of nitrogens with zero attached hydrogens (tertiary/aromatic N) is 2. The monoisotopic (exact) mass is 696 g/mol. The molecule has 0 saturated heterocycles. The highest BCUT2D eigenvalue weighted by Crippen LogP contribution is 2.51. The molecule has 9 aromatic rings. The number of benzene rings is 7. The summed E-state index contributed by atoms with van der Waals surface area (Å²) < 4.78 is 13.0. The molecule has 0 spiro atoms. The van der Waals surface area contributed by atoms with Crippen molar-refractivity contribution < 1.29 is 8.83 Å². The van der Waals surface area contributed by atoms with Crippen LogP contribution in [-0.4, -0.2) is 4.98 Å². The minimum atomic E-state index is -0.143. The number of anilines is 3. The van der Waals surface area contributed by atoms with E-state index in [0.29, 0.717) is 17.3 Å². The maximum absolute atomic E-state index is 6.62. The van der Waals surface area contributed by atoms with Crippen molar-refractivity contribution >= 4 is 61.9 Å². The first kappa shape index (κ1) is 31.8. The number of furan rings is 1. The van der Waals surface area contributed by atoms with E-state index >= 15 is 0 Å². The summed E-state index contributed by atoms with van der Waals surface area (Å²) in [5, 5.41) is 3.99. The molecule has 2 aromatic heterocycles. The molecule has 54 heavy (non-hydrogen) atoms. The Morgan fingerprint density at radius 1 is 0.574 bits per heavy atom. The third kappa shape index (κ3) is 4.80. The fourth-order valence-corrected chi connectivity index (χ4v) is 8.41. The van der Waals surface area contributed by atoms with E-state index in [1.54, 1.807) is 12.2 Å². The summed E-state index contributed by atoms with van der Waals surface area (Å²) >= 11 is 0. The van der Waals surface area contributed by atoms with E-state index in [9.17, 15) is 0 Å². The van der Waals surface area contributed by atoms with Gasteiger partial charge in [0.1, 0.15) is 16.9 Å². The minimum Gasteiger partial charge on any atom is -0.456 e. The molecule has 0 N–H and O–H groups in total. The van der Waals surface area contributed by atoms with E-state index in [-0.39, 0.29) is 5.41 Å². The predicted octanol–water partition coefficient (Wildman–Crippen LogP) is 14.1. The molecule has 0 amide bonds. The second-order valence-corrected chi connectivity index (χ2v) is 14.5. The lowest BCUT2D eigenvalue weighted by atomic mass is 9.82. The molecule has 7 aromatic carbocycles. The van der Waals surface area contributed by atoms with Crippen molar-refractivity contribution in [1.29, 1.82) is 0 Å². The molecular formula is C50H36N2O2. The van der Waals surface area contributed by atoms with Crippen LogP contribution in [0.4, 0.5) is 17.1 Å². The molecule has 10 rings (SSSR count). The topological polar surface area (TPSA) is 42.4 Å². The second kappa shape index (κ2) is 12.1. The molecule has 258 valence electrons. The summed E-state index contributed by atoms with van der Waals surface area (Å²) in [5.41, 5.74) is 13.7. The van der Waals surface area contributed by atoms with Gasteiger partial charge in [-0.2, -0.15) is 0 Å². The third-order valence-corrected chi connectivity index (χ3v) is 11.1. The minimum absolute atomic E-state index is 0.143. The first-order valence-electron chi connectivity index (χ1n) is 18.3. The lowest BCUT2D eigenvalue weighted by Crippen LogP contribution is -2.16. The van der Waals surface area contributed by atoms with Gasteiger partial charge in [0, 0.05) is 33.2 Å². The zero-order valence-electron chi connectivity index (χ0n) is 30.1. The Labute approximate surface area is 313 Å². The van der Waals surface area contributed by atoms with Gasteiger partial charge in [-0.1, -0.05) is 124 Å². The summed E-state index contributed by atoms with van der Waals surface area (Å²) in [6.07, 6.45) is 3.38. The van der Waals surface area contributed by atoms with E-state index in [1.165, 1.54) is 33.4 Å². The first-order chi connectivity index (χ1) is 26.4. The van der Waals surface area contributed by atoms with Gasteiger partial charge in [-0.05, 0) is 105 Å². The molecule has 0 saturated carbocycles. The molecule has 2 heterocycles. The van der Waals surface area contributed by atoms with Crippen molar-refractivity contribution in [3.63, 3.8) is 0 Å². The Kier molecular flexibility index (Phi) is 7.11. The average Bonchev–Trinajstić information content (AvgIpc) is 3.87. The Balaban J connectivity index is 1.21. The van der Waals surface area contributed by atoms with Gasteiger partial charge in [0.25, 0.3) is 0 Å². The molecule has 0 radical (unpaired) electrons. The summed E-state index contributed by atoms with van der Waals surface area (Å²) in [6, 6.07) is 51.9. The first-order valence-corrected chi connectivity index (χ1v) is 18.3. The molecule has 0 bridgehead atoms. The van der Waals surface area contributed by atoms with Gasteiger partial charge in [-0.25, -0.2) is 4.98 Å². The van der Waals surface area contributed by atoms with Crippen LogP contribution in [0.15, 0.2) is 168 Å². The smallest absolute Gasteiger partial charge is 0.228 e. The quantitative estimate of drug-likeness (QED) is 0.166. The van der Waals surface area contributed by atoms with Crippen LogP contribution in [0.5, 0.6) is 0 Å². The highest BCUT2D eigenvalue weighted by atomic mass is 16.4. The molecular weight excluding hydrogens is 661 g/mol. The van der Waals surface area contributed by atoms with Crippen LogP contribution in [0.3, 0.4) is 0 Å². The lowest BCUT2D eigenvalue weighted by Gasteiger charge is -2.28. The van der Waals surface area contributed by atoms with E-state index < -0.39 is 0 Å². The zero-order chi connectivity index (χ0) is 36.6. The van der Waals surface area contributed by atoms with Gasteiger partial charge in [0.15, 0.2) is 5.76 Å².